The predicted octanol–water partition coefficient (Wildman–Crippen LogP) is 1.72. The van der Waals surface area contributed by atoms with E-state index in [-0.39, 0.29) is 24.4 Å². The van der Waals surface area contributed by atoms with Crippen molar-refractivity contribution in [1.29, 1.82) is 0 Å². The number of ether oxygens (including phenoxy) is 1. The quantitative estimate of drug-likeness (QED) is 0.820. The lowest BCUT2D eigenvalue weighted by Crippen LogP contribution is -2.14. The molecular formula is C11H13F3N2O2. The largest absolute Gasteiger partial charge is 0.466 e. The van der Waals surface area contributed by atoms with Crippen molar-refractivity contribution < 1.29 is 22.7 Å². The van der Waals surface area contributed by atoms with Gasteiger partial charge in [0.2, 0.25) is 0 Å². The lowest BCUT2D eigenvalue weighted by Gasteiger charge is -2.09. The van der Waals surface area contributed by atoms with E-state index in [0.29, 0.717) is 0 Å². The van der Waals surface area contributed by atoms with Crippen molar-refractivity contribution in [2.24, 2.45) is 5.73 Å². The van der Waals surface area contributed by atoms with E-state index >= 15 is 0 Å². The Hall–Kier alpha value is -1.63. The van der Waals surface area contributed by atoms with Crippen LogP contribution in [-0.4, -0.2) is 17.6 Å². The molecule has 0 fully saturated rings. The number of aromatic nitrogens is 1. The molecule has 1 rings (SSSR count). The Balaban J connectivity index is 3.08. The molecule has 7 heteroatoms. The Kier molecular flexibility index (Phi) is 5.08. The Morgan fingerprint density at radius 3 is 2.72 bits per heavy atom. The third-order valence-corrected chi connectivity index (χ3v) is 2.18. The van der Waals surface area contributed by atoms with Crippen LogP contribution >= 0.6 is 0 Å². The molecule has 0 bridgehead atoms. The van der Waals surface area contributed by atoms with E-state index in [2.05, 4.69) is 9.72 Å². The van der Waals surface area contributed by atoms with Gasteiger partial charge in [0.1, 0.15) is 11.5 Å². The second kappa shape index (κ2) is 6.34. The highest BCUT2D eigenvalue weighted by molar-refractivity contribution is 5.72. The van der Waals surface area contributed by atoms with Crippen LogP contribution in [-0.2, 0) is 22.5 Å². The second-order valence-corrected chi connectivity index (χ2v) is 3.45. The van der Waals surface area contributed by atoms with Crippen LogP contribution in [0.25, 0.3) is 0 Å². The molecule has 0 aromatic carbocycles. The standard InChI is InChI=1S/C11H13F3N2O2/c1-2-18-9(17)4-7-10(12)6(5-15)3-8(16-7)11(13)14/h3,11H,2,4-5,15H2,1H3. The molecule has 0 aliphatic heterocycles. The van der Waals surface area contributed by atoms with Gasteiger partial charge in [-0.1, -0.05) is 0 Å². The molecule has 0 saturated carbocycles. The summed E-state index contributed by atoms with van der Waals surface area (Å²) in [4.78, 5) is 14.6. The van der Waals surface area contributed by atoms with Gasteiger partial charge in [-0.05, 0) is 13.0 Å². The van der Waals surface area contributed by atoms with Crippen LogP contribution < -0.4 is 5.73 Å². The molecule has 0 radical (unpaired) electrons. The van der Waals surface area contributed by atoms with Gasteiger partial charge in [-0.3, -0.25) is 4.79 Å². The lowest BCUT2D eigenvalue weighted by atomic mass is 10.1. The predicted molar refractivity (Wildman–Crippen MR) is 57.4 cm³/mol. The molecule has 2 N–H and O–H groups in total. The van der Waals surface area contributed by atoms with Crippen molar-refractivity contribution in [3.8, 4) is 0 Å². The summed E-state index contributed by atoms with van der Waals surface area (Å²) >= 11 is 0. The number of alkyl halides is 2. The van der Waals surface area contributed by atoms with Gasteiger partial charge in [0.15, 0.2) is 0 Å². The summed E-state index contributed by atoms with van der Waals surface area (Å²) in [5, 5.41) is 0. The first-order valence-corrected chi connectivity index (χ1v) is 5.31. The van der Waals surface area contributed by atoms with Crippen molar-refractivity contribution >= 4 is 5.97 Å². The Morgan fingerprint density at radius 2 is 2.22 bits per heavy atom. The van der Waals surface area contributed by atoms with Crippen molar-refractivity contribution in [3.63, 3.8) is 0 Å². The maximum absolute atomic E-state index is 13.7. The Labute approximate surface area is 102 Å². The number of carbonyl (C=O) groups is 1. The van der Waals surface area contributed by atoms with Gasteiger partial charge < -0.3 is 10.5 Å². The van der Waals surface area contributed by atoms with Gasteiger partial charge in [0, 0.05) is 12.1 Å². The Bertz CT molecular complexity index is 439. The minimum absolute atomic E-state index is 0.0976. The first-order chi connectivity index (χ1) is 8.49. The molecule has 0 atom stereocenters. The van der Waals surface area contributed by atoms with Gasteiger partial charge >= 0.3 is 5.97 Å². The van der Waals surface area contributed by atoms with Crippen LogP contribution in [0.4, 0.5) is 13.2 Å². The molecular weight excluding hydrogens is 249 g/mol. The van der Waals surface area contributed by atoms with E-state index in [1.54, 1.807) is 6.92 Å². The molecule has 100 valence electrons. The first kappa shape index (κ1) is 14.4. The number of hydrogen-bond donors (Lipinski definition) is 1. The van der Waals surface area contributed by atoms with Crippen LogP contribution in [0.3, 0.4) is 0 Å². The van der Waals surface area contributed by atoms with Crippen LogP contribution in [0.2, 0.25) is 0 Å². The number of rotatable bonds is 5. The Morgan fingerprint density at radius 1 is 1.56 bits per heavy atom. The average molecular weight is 262 g/mol. The number of hydrogen-bond acceptors (Lipinski definition) is 4. The number of nitrogens with zero attached hydrogens (tertiary/aromatic N) is 1. The van der Waals surface area contributed by atoms with E-state index in [1.807, 2.05) is 0 Å². The maximum atomic E-state index is 13.7. The summed E-state index contributed by atoms with van der Waals surface area (Å²) in [6.07, 6.45) is -3.34. The fraction of sp³-hybridized carbons (Fsp3) is 0.455. The second-order valence-electron chi connectivity index (χ2n) is 3.45. The van der Waals surface area contributed by atoms with E-state index in [0.717, 1.165) is 6.07 Å². The zero-order valence-electron chi connectivity index (χ0n) is 9.75. The molecule has 0 unspecified atom stereocenters. The molecule has 18 heavy (non-hydrogen) atoms. The number of esters is 1. The molecule has 0 spiro atoms. The monoisotopic (exact) mass is 262 g/mol. The third kappa shape index (κ3) is 3.43. The van der Waals surface area contributed by atoms with E-state index in [1.165, 1.54) is 0 Å². The minimum Gasteiger partial charge on any atom is -0.466 e. The molecule has 1 aromatic rings. The smallest absolute Gasteiger partial charge is 0.311 e. The summed E-state index contributed by atoms with van der Waals surface area (Å²) in [6.45, 7) is 1.46. The minimum atomic E-state index is -2.85. The highest BCUT2D eigenvalue weighted by Gasteiger charge is 2.19. The summed E-state index contributed by atoms with van der Waals surface area (Å²) in [5.41, 5.74) is 4.18. The van der Waals surface area contributed by atoms with E-state index in [9.17, 15) is 18.0 Å². The SMILES string of the molecule is CCOC(=O)Cc1nc(C(F)F)cc(CN)c1F. The van der Waals surface area contributed by atoms with Crippen molar-refractivity contribution in [1.82, 2.24) is 4.98 Å². The molecule has 0 aliphatic carbocycles. The van der Waals surface area contributed by atoms with Crippen LogP contribution in [0, 0.1) is 5.82 Å². The molecule has 0 amide bonds. The zero-order chi connectivity index (χ0) is 13.7. The zero-order valence-corrected chi connectivity index (χ0v) is 9.75. The van der Waals surface area contributed by atoms with Crippen molar-refractivity contribution in [2.45, 2.75) is 26.3 Å². The van der Waals surface area contributed by atoms with Crippen molar-refractivity contribution in [2.75, 3.05) is 6.61 Å². The summed E-state index contributed by atoms with van der Waals surface area (Å²) in [5.74, 6) is -1.56. The van der Waals surface area contributed by atoms with Gasteiger partial charge in [-0.25, -0.2) is 18.2 Å². The van der Waals surface area contributed by atoms with Gasteiger partial charge in [0.25, 0.3) is 6.43 Å². The van der Waals surface area contributed by atoms with Gasteiger partial charge in [0.05, 0.1) is 18.7 Å². The highest BCUT2D eigenvalue weighted by atomic mass is 19.3. The van der Waals surface area contributed by atoms with Crippen molar-refractivity contribution in [3.05, 3.63) is 28.8 Å². The summed E-state index contributed by atoms with van der Waals surface area (Å²) in [7, 11) is 0. The van der Waals surface area contributed by atoms with Crippen LogP contribution in [0.5, 0.6) is 0 Å². The van der Waals surface area contributed by atoms with Crippen LogP contribution in [0.1, 0.15) is 30.3 Å². The van der Waals surface area contributed by atoms with Gasteiger partial charge in [-0.15, -0.1) is 0 Å². The summed E-state index contributed by atoms with van der Waals surface area (Å²) < 4.78 is 43.4. The fourth-order valence-corrected chi connectivity index (χ4v) is 1.39. The lowest BCUT2D eigenvalue weighted by molar-refractivity contribution is -0.142. The maximum Gasteiger partial charge on any atom is 0.311 e. The molecule has 1 heterocycles. The topological polar surface area (TPSA) is 65.2 Å². The summed E-state index contributed by atoms with van der Waals surface area (Å²) in [6, 6.07) is 0.897. The van der Waals surface area contributed by atoms with Crippen LogP contribution in [0.15, 0.2) is 6.07 Å². The fourth-order valence-electron chi connectivity index (χ4n) is 1.39. The average Bonchev–Trinajstić information content (AvgIpc) is 2.31. The number of pyridine rings is 1. The molecule has 0 saturated heterocycles. The molecule has 4 nitrogen and oxygen atoms in total. The first-order valence-electron chi connectivity index (χ1n) is 5.31. The normalized spacial score (nSPS) is 10.8. The van der Waals surface area contributed by atoms with Gasteiger partial charge in [-0.2, -0.15) is 0 Å². The third-order valence-electron chi connectivity index (χ3n) is 2.18. The molecule has 1 aromatic heterocycles. The molecule has 0 aliphatic rings. The number of halogens is 3. The highest BCUT2D eigenvalue weighted by Crippen LogP contribution is 2.21. The van der Waals surface area contributed by atoms with E-state index < -0.39 is 30.3 Å². The van der Waals surface area contributed by atoms with E-state index in [4.69, 9.17) is 5.73 Å². The number of carbonyl (C=O) groups excluding carboxylic acids is 1. The number of nitrogens with two attached hydrogens (primary N) is 1.